The molecule has 6 aromatic rings. The molecule has 30 heavy (non-hydrogen) atoms. The molecule has 0 aliphatic heterocycles. The van der Waals surface area contributed by atoms with Crippen molar-refractivity contribution in [2.24, 2.45) is 0 Å². The summed E-state index contributed by atoms with van der Waals surface area (Å²) in [6.07, 6.45) is 7.11. The fourth-order valence-electron chi connectivity index (χ4n) is 3.71. The van der Waals surface area contributed by atoms with E-state index >= 15 is 0 Å². The first-order valence-corrected chi connectivity index (χ1v) is 11.3. The van der Waals surface area contributed by atoms with Gasteiger partial charge in [0.1, 0.15) is 0 Å². The van der Waals surface area contributed by atoms with Gasteiger partial charge in [-0.1, -0.05) is 48.5 Å². The van der Waals surface area contributed by atoms with Crippen molar-refractivity contribution in [3.05, 3.63) is 84.3 Å². The molecule has 0 spiro atoms. The van der Waals surface area contributed by atoms with Crippen LogP contribution in [0.15, 0.2) is 84.3 Å². The highest BCUT2D eigenvalue weighted by molar-refractivity contribution is 7.27. The predicted octanol–water partition coefficient (Wildman–Crippen LogP) is 7.08. The highest BCUT2D eigenvalue weighted by Crippen LogP contribution is 2.44. The summed E-state index contributed by atoms with van der Waals surface area (Å²) in [5, 5.41) is 4.55. The third-order valence-electron chi connectivity index (χ3n) is 5.29. The predicted molar refractivity (Wildman–Crippen MR) is 126 cm³/mol. The Morgan fingerprint density at radius 3 is 1.30 bits per heavy atom. The van der Waals surface area contributed by atoms with Gasteiger partial charge in [-0.25, -0.2) is 9.97 Å². The number of aromatic nitrogens is 4. The van der Waals surface area contributed by atoms with Crippen LogP contribution in [0.3, 0.4) is 0 Å². The molecule has 0 saturated heterocycles. The minimum absolute atomic E-state index is 1.04. The summed E-state index contributed by atoms with van der Waals surface area (Å²) in [6.45, 7) is 0. The summed E-state index contributed by atoms with van der Waals surface area (Å²) >= 11 is 3.64. The molecule has 4 nitrogen and oxygen atoms in total. The van der Waals surface area contributed by atoms with Crippen molar-refractivity contribution in [1.29, 1.82) is 0 Å². The molecule has 6 heteroatoms. The number of rotatable bonds is 4. The normalized spacial score (nSPS) is 11.3. The summed E-state index contributed by atoms with van der Waals surface area (Å²) in [4.78, 5) is 14.5. The van der Waals surface area contributed by atoms with Crippen molar-refractivity contribution < 1.29 is 0 Å². The molecule has 0 aliphatic rings. The van der Waals surface area contributed by atoms with E-state index in [9.17, 15) is 0 Å². The number of hydrogen-bond acceptors (Lipinski definition) is 4. The molecule has 4 aromatic heterocycles. The van der Waals surface area contributed by atoms with Crippen LogP contribution in [-0.2, 0) is 0 Å². The van der Waals surface area contributed by atoms with Gasteiger partial charge < -0.3 is 9.97 Å². The topological polar surface area (TPSA) is 57.4 Å². The van der Waals surface area contributed by atoms with Crippen LogP contribution in [0.5, 0.6) is 0 Å². The summed E-state index contributed by atoms with van der Waals surface area (Å²) in [6, 6.07) is 17.4. The van der Waals surface area contributed by atoms with Gasteiger partial charge in [0.15, 0.2) is 0 Å². The molecule has 144 valence electrons. The Kier molecular flexibility index (Phi) is 4.11. The largest absolute Gasteiger partial charge is 0.345 e. The van der Waals surface area contributed by atoms with Gasteiger partial charge in [-0.2, -0.15) is 0 Å². The first kappa shape index (κ1) is 17.4. The summed E-state index contributed by atoms with van der Waals surface area (Å²) in [7, 11) is 0. The van der Waals surface area contributed by atoms with Crippen molar-refractivity contribution >= 4 is 32.1 Å². The van der Waals surface area contributed by atoms with E-state index in [1.807, 2.05) is 35.1 Å². The van der Waals surface area contributed by atoms with Gasteiger partial charge in [0.05, 0.1) is 45.8 Å². The van der Waals surface area contributed by atoms with E-state index < -0.39 is 0 Å². The van der Waals surface area contributed by atoms with Crippen molar-refractivity contribution in [3.63, 3.8) is 0 Å². The van der Waals surface area contributed by atoms with Crippen LogP contribution in [0.4, 0.5) is 0 Å². The maximum Gasteiger partial charge on any atom is 0.0924 e. The number of nitrogens with zero attached hydrogens (tertiary/aromatic N) is 2. The Labute approximate surface area is 180 Å². The molecule has 0 bridgehead atoms. The Morgan fingerprint density at radius 2 is 0.933 bits per heavy atom. The Bertz CT molecular complexity index is 1290. The van der Waals surface area contributed by atoms with E-state index in [0.717, 1.165) is 22.5 Å². The van der Waals surface area contributed by atoms with Crippen LogP contribution in [0.1, 0.15) is 0 Å². The van der Waals surface area contributed by atoms with E-state index in [-0.39, 0.29) is 0 Å². The standard InChI is InChI=1S/C24H16N4S2/c1-5-17(21-9-25-13-27-21)6-2-15(1)19-11-29-24-20(12-30-23(19)24)16-3-7-18(8-4-16)22-10-26-14-28-22/h1-14H,(H,25,27)(H,26,28). The minimum atomic E-state index is 1.04. The van der Waals surface area contributed by atoms with Gasteiger partial charge in [-0.15, -0.1) is 22.7 Å². The first-order valence-electron chi connectivity index (χ1n) is 9.54. The van der Waals surface area contributed by atoms with Crippen LogP contribution in [0, 0.1) is 0 Å². The monoisotopic (exact) mass is 424 g/mol. The second-order valence-corrected chi connectivity index (χ2v) is 8.80. The quantitative estimate of drug-likeness (QED) is 0.318. The zero-order valence-electron chi connectivity index (χ0n) is 15.8. The summed E-state index contributed by atoms with van der Waals surface area (Å²) in [5.41, 5.74) is 9.45. The third kappa shape index (κ3) is 2.89. The number of benzene rings is 2. The number of thiophene rings is 2. The van der Waals surface area contributed by atoms with Crippen molar-refractivity contribution in [2.45, 2.75) is 0 Å². The van der Waals surface area contributed by atoms with Gasteiger partial charge in [0.25, 0.3) is 0 Å². The van der Waals surface area contributed by atoms with Gasteiger partial charge in [-0.3, -0.25) is 0 Å². The molecule has 2 N–H and O–H groups in total. The summed E-state index contributed by atoms with van der Waals surface area (Å²) < 4.78 is 2.70. The highest BCUT2D eigenvalue weighted by Gasteiger charge is 2.14. The number of hydrogen-bond donors (Lipinski definition) is 2. The lowest BCUT2D eigenvalue weighted by molar-refractivity contribution is 1.31. The average molecular weight is 425 g/mol. The van der Waals surface area contributed by atoms with E-state index in [1.54, 1.807) is 12.7 Å². The molecular weight excluding hydrogens is 408 g/mol. The van der Waals surface area contributed by atoms with E-state index in [2.05, 4.69) is 79.2 Å². The van der Waals surface area contributed by atoms with E-state index in [1.165, 1.54) is 31.7 Å². The Hall–Kier alpha value is -3.48. The molecule has 0 aliphatic carbocycles. The number of imidazole rings is 2. The summed E-state index contributed by atoms with van der Waals surface area (Å²) in [5.74, 6) is 0. The lowest BCUT2D eigenvalue weighted by Gasteiger charge is -2.02. The lowest BCUT2D eigenvalue weighted by Crippen LogP contribution is -1.79. The molecule has 2 aromatic carbocycles. The fraction of sp³-hybridized carbons (Fsp3) is 0. The molecule has 0 unspecified atom stereocenters. The maximum absolute atomic E-state index is 4.11. The maximum atomic E-state index is 4.11. The molecule has 0 atom stereocenters. The number of nitrogens with one attached hydrogen (secondary N) is 2. The van der Waals surface area contributed by atoms with Gasteiger partial charge >= 0.3 is 0 Å². The van der Waals surface area contributed by atoms with Gasteiger partial charge in [0.2, 0.25) is 0 Å². The second-order valence-electron chi connectivity index (χ2n) is 7.04. The van der Waals surface area contributed by atoms with E-state index in [4.69, 9.17) is 0 Å². The van der Waals surface area contributed by atoms with Crippen molar-refractivity contribution in [3.8, 4) is 44.8 Å². The van der Waals surface area contributed by atoms with Gasteiger partial charge in [-0.05, 0) is 22.3 Å². The smallest absolute Gasteiger partial charge is 0.0924 e. The molecule has 0 amide bonds. The zero-order valence-corrected chi connectivity index (χ0v) is 17.4. The van der Waals surface area contributed by atoms with Crippen molar-refractivity contribution in [1.82, 2.24) is 19.9 Å². The Balaban J connectivity index is 1.35. The zero-order chi connectivity index (χ0) is 19.9. The second kappa shape index (κ2) is 7.09. The average Bonchev–Trinajstić information content (AvgIpc) is 3.59. The SMILES string of the molecule is c1ncc(-c2ccc(-c3csc4c(-c5ccc(-c6cnc[nH]6)cc5)csc34)cc2)[nH]1. The fourth-order valence-corrected chi connectivity index (χ4v) is 6.16. The van der Waals surface area contributed by atoms with Crippen LogP contribution in [-0.4, -0.2) is 19.9 Å². The van der Waals surface area contributed by atoms with Crippen LogP contribution in [0.25, 0.3) is 54.2 Å². The number of aromatic amines is 2. The third-order valence-corrected chi connectivity index (χ3v) is 7.45. The van der Waals surface area contributed by atoms with Crippen LogP contribution < -0.4 is 0 Å². The van der Waals surface area contributed by atoms with E-state index in [0.29, 0.717) is 0 Å². The molecule has 4 heterocycles. The number of H-pyrrole nitrogens is 2. The van der Waals surface area contributed by atoms with Crippen LogP contribution >= 0.6 is 22.7 Å². The molecular formula is C24H16N4S2. The molecule has 6 rings (SSSR count). The first-order chi connectivity index (χ1) is 14.9. The Morgan fingerprint density at radius 1 is 0.533 bits per heavy atom. The molecule has 0 saturated carbocycles. The highest BCUT2D eigenvalue weighted by atomic mass is 32.1. The lowest BCUT2D eigenvalue weighted by atomic mass is 10.0. The minimum Gasteiger partial charge on any atom is -0.345 e. The number of fused-ring (bicyclic) bond motifs is 1. The van der Waals surface area contributed by atoms with Gasteiger partial charge in [0, 0.05) is 21.9 Å². The molecule has 0 radical (unpaired) electrons. The molecule has 0 fully saturated rings. The van der Waals surface area contributed by atoms with Crippen LogP contribution in [0.2, 0.25) is 0 Å². The van der Waals surface area contributed by atoms with Crippen molar-refractivity contribution in [2.75, 3.05) is 0 Å².